The molecule has 1 aliphatic heterocycles. The normalized spacial score (nSPS) is 19.5. The van der Waals surface area contributed by atoms with Crippen molar-refractivity contribution in [2.45, 2.75) is 12.3 Å². The Morgan fingerprint density at radius 2 is 2.12 bits per heavy atom. The predicted octanol–water partition coefficient (Wildman–Crippen LogP) is 3.84. The molecule has 0 fully saturated rings. The number of benzene rings is 1. The second-order valence-corrected chi connectivity index (χ2v) is 5.94. The highest BCUT2D eigenvalue weighted by molar-refractivity contribution is 8.09. The summed E-state index contributed by atoms with van der Waals surface area (Å²) in [6.07, 6.45) is 5.35. The van der Waals surface area contributed by atoms with E-state index in [1.807, 2.05) is 29.5 Å². The first-order valence-electron chi connectivity index (χ1n) is 5.38. The highest BCUT2D eigenvalue weighted by atomic mass is 32.2. The van der Waals surface area contributed by atoms with E-state index >= 15 is 0 Å². The third-order valence-electron chi connectivity index (χ3n) is 2.56. The van der Waals surface area contributed by atoms with Gasteiger partial charge < -0.3 is 4.90 Å². The minimum absolute atomic E-state index is 0.384. The van der Waals surface area contributed by atoms with Gasteiger partial charge in [-0.1, -0.05) is 30.0 Å². The molecule has 2 heterocycles. The van der Waals surface area contributed by atoms with Gasteiger partial charge in [-0.05, 0) is 19.1 Å². The molecule has 1 aromatic carbocycles. The maximum absolute atomic E-state index is 4.12. The van der Waals surface area contributed by atoms with Gasteiger partial charge in [-0.25, -0.2) is 0 Å². The van der Waals surface area contributed by atoms with Gasteiger partial charge in [0.2, 0.25) is 0 Å². The maximum atomic E-state index is 4.12. The van der Waals surface area contributed by atoms with Crippen LogP contribution in [0.25, 0.3) is 4.91 Å². The summed E-state index contributed by atoms with van der Waals surface area (Å²) in [5.74, 6) is 0. The van der Waals surface area contributed by atoms with Gasteiger partial charge in [-0.2, -0.15) is 0 Å². The highest BCUT2D eigenvalue weighted by Gasteiger charge is 2.24. The number of thiazole rings is 1. The van der Waals surface area contributed by atoms with Gasteiger partial charge in [0.25, 0.3) is 0 Å². The summed E-state index contributed by atoms with van der Waals surface area (Å²) in [4.78, 5) is 8.67. The summed E-state index contributed by atoms with van der Waals surface area (Å²) in [5, 5.41) is 0.384. The molecule has 85 valence electrons. The molecule has 0 bridgehead atoms. The molecule has 0 spiro atoms. The molecule has 3 rings (SSSR count). The molecule has 1 aromatic heterocycles. The summed E-state index contributed by atoms with van der Waals surface area (Å²) < 4.78 is 0. The molecule has 0 amide bonds. The third kappa shape index (κ3) is 2.10. The molecule has 0 saturated carbocycles. The Balaban J connectivity index is 1.92. The van der Waals surface area contributed by atoms with Crippen LogP contribution < -0.4 is 4.90 Å². The van der Waals surface area contributed by atoms with Crippen molar-refractivity contribution in [1.29, 1.82) is 0 Å². The van der Waals surface area contributed by atoms with Crippen molar-refractivity contribution in [3.05, 3.63) is 53.1 Å². The van der Waals surface area contributed by atoms with Crippen molar-refractivity contribution in [3.63, 3.8) is 0 Å². The molecule has 2 nitrogen and oxygen atoms in total. The Morgan fingerprint density at radius 1 is 1.29 bits per heavy atom. The van der Waals surface area contributed by atoms with Gasteiger partial charge >= 0.3 is 0 Å². The SMILES string of the molecule is CC1SC(c2cncs2)=[C]N1c1ccccc1. The van der Waals surface area contributed by atoms with Crippen molar-refractivity contribution >= 4 is 33.7 Å². The van der Waals surface area contributed by atoms with Gasteiger partial charge in [0.1, 0.15) is 0 Å². The van der Waals surface area contributed by atoms with Crippen molar-refractivity contribution < 1.29 is 0 Å². The lowest BCUT2D eigenvalue weighted by Gasteiger charge is -2.20. The fourth-order valence-electron chi connectivity index (χ4n) is 1.75. The summed E-state index contributed by atoms with van der Waals surface area (Å²) in [7, 11) is 0. The van der Waals surface area contributed by atoms with Gasteiger partial charge in [-0.15, -0.1) is 11.3 Å². The summed E-state index contributed by atoms with van der Waals surface area (Å²) in [6.45, 7) is 2.19. The minimum atomic E-state index is 0.384. The van der Waals surface area contributed by atoms with Crippen molar-refractivity contribution in [2.75, 3.05) is 4.90 Å². The van der Waals surface area contributed by atoms with Gasteiger partial charge in [0, 0.05) is 11.9 Å². The van der Waals surface area contributed by atoms with E-state index in [0.29, 0.717) is 5.37 Å². The number of nitrogens with zero attached hydrogens (tertiary/aromatic N) is 2. The molecule has 4 heteroatoms. The van der Waals surface area contributed by atoms with E-state index in [1.54, 1.807) is 11.3 Å². The molecule has 1 unspecified atom stereocenters. The van der Waals surface area contributed by atoms with Crippen LogP contribution in [0.15, 0.2) is 42.0 Å². The largest absolute Gasteiger partial charge is 0.326 e. The summed E-state index contributed by atoms with van der Waals surface area (Å²) in [5.41, 5.74) is 3.05. The molecule has 1 aliphatic rings. The van der Waals surface area contributed by atoms with Crippen molar-refractivity contribution in [2.24, 2.45) is 0 Å². The van der Waals surface area contributed by atoms with Crippen LogP contribution >= 0.6 is 23.1 Å². The van der Waals surface area contributed by atoms with Crippen molar-refractivity contribution in [1.82, 2.24) is 4.98 Å². The molecule has 17 heavy (non-hydrogen) atoms. The van der Waals surface area contributed by atoms with Crippen LogP contribution in [-0.2, 0) is 0 Å². The zero-order valence-electron chi connectivity index (χ0n) is 9.33. The standard InChI is InChI=1S/C13H11N2S2/c1-10-15(11-5-3-2-4-6-11)8-13(17-10)12-7-14-9-16-12/h2-7,9-10H,1H3. The zero-order chi connectivity index (χ0) is 11.7. The highest BCUT2D eigenvalue weighted by Crippen LogP contribution is 2.41. The lowest BCUT2D eigenvalue weighted by Crippen LogP contribution is -2.20. The van der Waals surface area contributed by atoms with Crippen LogP contribution in [0.5, 0.6) is 0 Å². The first kappa shape index (κ1) is 10.9. The van der Waals surface area contributed by atoms with Crippen LogP contribution in [0.3, 0.4) is 0 Å². The monoisotopic (exact) mass is 259 g/mol. The maximum Gasteiger partial charge on any atom is 0.0828 e. The quantitative estimate of drug-likeness (QED) is 0.815. The molecule has 0 aliphatic carbocycles. The molecular formula is C13H11N2S2. The Labute approximate surface area is 109 Å². The first-order chi connectivity index (χ1) is 8.34. The Kier molecular flexibility index (Phi) is 2.91. The van der Waals surface area contributed by atoms with Gasteiger partial charge in [-0.3, -0.25) is 4.98 Å². The Morgan fingerprint density at radius 3 is 2.82 bits per heavy atom. The number of anilines is 1. The van der Waals surface area contributed by atoms with E-state index in [-0.39, 0.29) is 0 Å². The van der Waals surface area contributed by atoms with Crippen molar-refractivity contribution in [3.8, 4) is 0 Å². The third-order valence-corrected chi connectivity index (χ3v) is 4.58. The summed E-state index contributed by atoms with van der Waals surface area (Å²) in [6, 6.07) is 10.4. The molecule has 0 N–H and O–H groups in total. The average molecular weight is 259 g/mol. The van der Waals surface area contributed by atoms with Crippen LogP contribution in [0.1, 0.15) is 11.8 Å². The number of aromatic nitrogens is 1. The van der Waals surface area contributed by atoms with Crippen LogP contribution in [0.2, 0.25) is 0 Å². The van der Waals surface area contributed by atoms with E-state index < -0.39 is 0 Å². The zero-order valence-corrected chi connectivity index (χ0v) is 11.0. The predicted molar refractivity (Wildman–Crippen MR) is 74.7 cm³/mol. The average Bonchev–Trinajstić information content (AvgIpc) is 2.99. The van der Waals surface area contributed by atoms with E-state index in [2.05, 4.69) is 47.3 Å². The topological polar surface area (TPSA) is 16.1 Å². The molecule has 1 radical (unpaired) electrons. The summed E-state index contributed by atoms with van der Waals surface area (Å²) >= 11 is 3.49. The number of para-hydroxylation sites is 1. The van der Waals surface area contributed by atoms with E-state index in [4.69, 9.17) is 0 Å². The first-order valence-corrected chi connectivity index (χ1v) is 7.14. The van der Waals surface area contributed by atoms with Gasteiger partial charge in [0.15, 0.2) is 0 Å². The Hall–Kier alpha value is -1.26. The van der Waals surface area contributed by atoms with Crippen LogP contribution in [-0.4, -0.2) is 10.4 Å². The lowest BCUT2D eigenvalue weighted by molar-refractivity contribution is 0.952. The van der Waals surface area contributed by atoms with Gasteiger partial charge in [0.05, 0.1) is 26.9 Å². The number of hydrogen-bond acceptors (Lipinski definition) is 4. The minimum Gasteiger partial charge on any atom is -0.326 e. The Bertz CT molecular complexity index is 520. The molecule has 2 aromatic rings. The van der Waals surface area contributed by atoms with Crippen LogP contribution in [0.4, 0.5) is 5.69 Å². The number of rotatable bonds is 2. The lowest BCUT2D eigenvalue weighted by atomic mass is 10.3. The number of thioether (sulfide) groups is 1. The van der Waals surface area contributed by atoms with E-state index in [1.165, 1.54) is 15.5 Å². The second-order valence-electron chi connectivity index (χ2n) is 3.73. The van der Waals surface area contributed by atoms with E-state index in [9.17, 15) is 0 Å². The fraction of sp³-hybridized carbons (Fsp3) is 0.154. The van der Waals surface area contributed by atoms with E-state index in [0.717, 1.165) is 0 Å². The second kappa shape index (κ2) is 4.55. The molecule has 1 atom stereocenters. The van der Waals surface area contributed by atoms with Crippen LogP contribution in [0, 0.1) is 6.20 Å². The smallest absolute Gasteiger partial charge is 0.0828 e. The molecular weight excluding hydrogens is 248 g/mol. The number of hydrogen-bond donors (Lipinski definition) is 0. The fourth-order valence-corrected chi connectivity index (χ4v) is 3.49. The molecule has 0 saturated heterocycles.